The van der Waals surface area contributed by atoms with Crippen LogP contribution in [-0.2, 0) is 6.42 Å². The second-order valence-electron chi connectivity index (χ2n) is 5.50. The van der Waals surface area contributed by atoms with Crippen molar-refractivity contribution in [3.8, 4) is 0 Å². The van der Waals surface area contributed by atoms with Crippen LogP contribution in [0.1, 0.15) is 32.8 Å². The Morgan fingerprint density at radius 2 is 2.00 bits per heavy atom. The van der Waals surface area contributed by atoms with Gasteiger partial charge in [0.25, 0.3) is 0 Å². The van der Waals surface area contributed by atoms with Crippen LogP contribution in [0.4, 0.5) is 0 Å². The van der Waals surface area contributed by atoms with Crippen molar-refractivity contribution in [1.82, 2.24) is 10.3 Å². The molecule has 0 aliphatic carbocycles. The predicted octanol–water partition coefficient (Wildman–Crippen LogP) is 4.29. The number of para-hydroxylation sites is 1. The number of thioether (sulfide) groups is 1. The number of fused-ring (bicyclic) bond motifs is 1. The Labute approximate surface area is 132 Å². The Balaban J connectivity index is 2.11. The van der Waals surface area contributed by atoms with E-state index in [1.54, 1.807) is 0 Å². The van der Waals surface area contributed by atoms with Crippen LogP contribution in [-0.4, -0.2) is 28.6 Å². The Morgan fingerprint density at radius 1 is 1.19 bits per heavy atom. The number of likely N-dealkylation sites (N-methyl/N-ethyl adjacent to an activating group) is 1. The molecule has 1 aromatic heterocycles. The molecular weight excluding hydrogens is 276 g/mol. The molecule has 0 saturated heterocycles. The Bertz CT molecular complexity index is 550. The molecule has 1 heterocycles. The third kappa shape index (κ3) is 4.72. The van der Waals surface area contributed by atoms with Gasteiger partial charge < -0.3 is 5.32 Å². The first kappa shape index (κ1) is 16.3. The Morgan fingerprint density at radius 3 is 2.76 bits per heavy atom. The number of hydrogen-bond acceptors (Lipinski definition) is 3. The third-order valence-electron chi connectivity index (χ3n) is 3.86. The summed E-state index contributed by atoms with van der Waals surface area (Å²) in [6.07, 6.45) is 4.24. The maximum absolute atomic E-state index is 4.46. The SMILES string of the molecule is CCNC(CSC(C)CC)Cc1ccnc2ccccc12. The maximum Gasteiger partial charge on any atom is 0.0704 e. The summed E-state index contributed by atoms with van der Waals surface area (Å²) in [6, 6.07) is 11.1. The molecular formula is C18H26N2S. The lowest BCUT2D eigenvalue weighted by Crippen LogP contribution is -2.33. The van der Waals surface area contributed by atoms with E-state index in [0.717, 1.165) is 23.7 Å². The fourth-order valence-corrected chi connectivity index (χ4v) is 3.51. The second kappa shape index (κ2) is 8.40. The zero-order valence-corrected chi connectivity index (χ0v) is 14.1. The Kier molecular flexibility index (Phi) is 6.52. The molecule has 0 saturated carbocycles. The molecule has 2 atom stereocenters. The summed E-state index contributed by atoms with van der Waals surface area (Å²) in [7, 11) is 0. The summed E-state index contributed by atoms with van der Waals surface area (Å²) in [4.78, 5) is 4.46. The van der Waals surface area contributed by atoms with Crippen LogP contribution in [0.15, 0.2) is 36.5 Å². The number of nitrogens with zero attached hydrogens (tertiary/aromatic N) is 1. The average Bonchev–Trinajstić information content (AvgIpc) is 2.52. The molecule has 21 heavy (non-hydrogen) atoms. The van der Waals surface area contributed by atoms with E-state index in [1.807, 2.05) is 6.20 Å². The summed E-state index contributed by atoms with van der Waals surface area (Å²) in [5.41, 5.74) is 2.50. The first-order chi connectivity index (χ1) is 10.2. The van der Waals surface area contributed by atoms with E-state index in [0.29, 0.717) is 6.04 Å². The predicted molar refractivity (Wildman–Crippen MR) is 95.1 cm³/mol. The van der Waals surface area contributed by atoms with Gasteiger partial charge in [-0.05, 0) is 37.1 Å². The minimum absolute atomic E-state index is 0.528. The molecule has 0 radical (unpaired) electrons. The number of benzene rings is 1. The van der Waals surface area contributed by atoms with Gasteiger partial charge in [0.15, 0.2) is 0 Å². The number of hydrogen-bond donors (Lipinski definition) is 1. The van der Waals surface area contributed by atoms with Crippen LogP contribution >= 0.6 is 11.8 Å². The largest absolute Gasteiger partial charge is 0.313 e. The zero-order valence-electron chi connectivity index (χ0n) is 13.3. The van der Waals surface area contributed by atoms with Gasteiger partial charge in [-0.2, -0.15) is 11.8 Å². The quantitative estimate of drug-likeness (QED) is 0.787. The average molecular weight is 302 g/mol. The van der Waals surface area contributed by atoms with Crippen molar-refractivity contribution in [3.05, 3.63) is 42.1 Å². The van der Waals surface area contributed by atoms with Crippen molar-refractivity contribution in [3.63, 3.8) is 0 Å². The van der Waals surface area contributed by atoms with E-state index in [1.165, 1.54) is 23.1 Å². The topological polar surface area (TPSA) is 24.9 Å². The van der Waals surface area contributed by atoms with Crippen molar-refractivity contribution < 1.29 is 0 Å². The normalized spacial score (nSPS) is 14.2. The van der Waals surface area contributed by atoms with E-state index in [2.05, 4.69) is 73.2 Å². The monoisotopic (exact) mass is 302 g/mol. The highest BCUT2D eigenvalue weighted by atomic mass is 32.2. The first-order valence-corrected chi connectivity index (χ1v) is 8.97. The molecule has 1 aromatic carbocycles. The van der Waals surface area contributed by atoms with Crippen molar-refractivity contribution in [2.24, 2.45) is 0 Å². The summed E-state index contributed by atoms with van der Waals surface area (Å²) in [5, 5.41) is 5.66. The van der Waals surface area contributed by atoms with Gasteiger partial charge in [-0.1, -0.05) is 39.0 Å². The number of nitrogens with one attached hydrogen (secondary N) is 1. The minimum atomic E-state index is 0.528. The molecule has 0 aliphatic rings. The summed E-state index contributed by atoms with van der Waals surface area (Å²) in [6.45, 7) is 7.78. The van der Waals surface area contributed by atoms with Gasteiger partial charge in [0, 0.05) is 28.6 Å². The van der Waals surface area contributed by atoms with Gasteiger partial charge in [-0.3, -0.25) is 4.98 Å². The van der Waals surface area contributed by atoms with Crippen LogP contribution < -0.4 is 5.32 Å². The zero-order chi connectivity index (χ0) is 15.1. The molecule has 0 bridgehead atoms. The summed E-state index contributed by atoms with van der Waals surface area (Å²) in [5.74, 6) is 1.17. The van der Waals surface area contributed by atoms with Crippen LogP contribution in [0, 0.1) is 0 Å². The Hall–Kier alpha value is -1.06. The lowest BCUT2D eigenvalue weighted by molar-refractivity contribution is 0.573. The molecule has 2 nitrogen and oxygen atoms in total. The maximum atomic E-state index is 4.46. The van der Waals surface area contributed by atoms with Gasteiger partial charge in [-0.25, -0.2) is 0 Å². The summed E-state index contributed by atoms with van der Waals surface area (Å²) >= 11 is 2.07. The van der Waals surface area contributed by atoms with Crippen LogP contribution in [0.3, 0.4) is 0 Å². The van der Waals surface area contributed by atoms with Gasteiger partial charge >= 0.3 is 0 Å². The van der Waals surface area contributed by atoms with Gasteiger partial charge in [0.05, 0.1) is 5.52 Å². The van der Waals surface area contributed by atoms with E-state index in [9.17, 15) is 0 Å². The highest BCUT2D eigenvalue weighted by Crippen LogP contribution is 2.20. The lowest BCUT2D eigenvalue weighted by Gasteiger charge is -2.20. The van der Waals surface area contributed by atoms with Gasteiger partial charge in [0.1, 0.15) is 0 Å². The minimum Gasteiger partial charge on any atom is -0.313 e. The standard InChI is InChI=1S/C18H26N2S/c1-4-14(3)21-13-16(19-5-2)12-15-10-11-20-18-9-7-6-8-17(15)18/h6-11,14,16,19H,4-5,12-13H2,1-3H3. The molecule has 2 unspecified atom stereocenters. The van der Waals surface area contributed by atoms with Gasteiger partial charge in [-0.15, -0.1) is 0 Å². The first-order valence-electron chi connectivity index (χ1n) is 7.92. The smallest absolute Gasteiger partial charge is 0.0704 e. The summed E-state index contributed by atoms with van der Waals surface area (Å²) < 4.78 is 0. The fourth-order valence-electron chi connectivity index (χ4n) is 2.48. The van der Waals surface area contributed by atoms with Gasteiger partial charge in [0.2, 0.25) is 0 Å². The van der Waals surface area contributed by atoms with E-state index < -0.39 is 0 Å². The number of pyridine rings is 1. The van der Waals surface area contributed by atoms with Crippen molar-refractivity contribution in [2.75, 3.05) is 12.3 Å². The lowest BCUT2D eigenvalue weighted by atomic mass is 10.0. The molecule has 114 valence electrons. The van der Waals surface area contributed by atoms with E-state index >= 15 is 0 Å². The highest BCUT2D eigenvalue weighted by Gasteiger charge is 2.12. The number of aromatic nitrogens is 1. The molecule has 2 aromatic rings. The van der Waals surface area contributed by atoms with E-state index in [-0.39, 0.29) is 0 Å². The van der Waals surface area contributed by atoms with Crippen molar-refractivity contribution in [2.45, 2.75) is 44.9 Å². The molecule has 0 fully saturated rings. The molecule has 0 aliphatic heterocycles. The van der Waals surface area contributed by atoms with E-state index in [4.69, 9.17) is 0 Å². The molecule has 0 spiro atoms. The number of rotatable bonds is 8. The highest BCUT2D eigenvalue weighted by molar-refractivity contribution is 7.99. The van der Waals surface area contributed by atoms with Crippen LogP contribution in [0.5, 0.6) is 0 Å². The van der Waals surface area contributed by atoms with Crippen LogP contribution in [0.2, 0.25) is 0 Å². The second-order valence-corrected chi connectivity index (χ2v) is 6.97. The third-order valence-corrected chi connectivity index (χ3v) is 5.35. The molecule has 2 rings (SSSR count). The molecule has 1 N–H and O–H groups in total. The van der Waals surface area contributed by atoms with Crippen molar-refractivity contribution in [1.29, 1.82) is 0 Å². The fraction of sp³-hybridized carbons (Fsp3) is 0.500. The molecule has 3 heteroatoms. The van der Waals surface area contributed by atoms with Crippen molar-refractivity contribution >= 4 is 22.7 Å². The van der Waals surface area contributed by atoms with Crippen LogP contribution in [0.25, 0.3) is 10.9 Å². The molecule has 0 amide bonds.